The molecule has 2 aromatic rings. The maximum Gasteiger partial charge on any atom is 0.137 e. The zero-order chi connectivity index (χ0) is 13.3. The van der Waals surface area contributed by atoms with Gasteiger partial charge in [0.2, 0.25) is 0 Å². The SMILES string of the molecule is CC(C)(C)n1cnnc1Cc1c(F)cccc1F. The summed E-state index contributed by atoms with van der Waals surface area (Å²) in [5, 5.41) is 7.75. The summed E-state index contributed by atoms with van der Waals surface area (Å²) in [4.78, 5) is 0. The van der Waals surface area contributed by atoms with Crippen LogP contribution in [0.25, 0.3) is 0 Å². The third-order valence-electron chi connectivity index (χ3n) is 2.74. The summed E-state index contributed by atoms with van der Waals surface area (Å²) in [6.07, 6.45) is 1.67. The third-order valence-corrected chi connectivity index (χ3v) is 2.74. The summed E-state index contributed by atoms with van der Waals surface area (Å²) in [5.41, 5.74) is -0.198. The molecule has 3 nitrogen and oxygen atoms in total. The van der Waals surface area contributed by atoms with E-state index in [0.29, 0.717) is 5.82 Å². The van der Waals surface area contributed by atoms with Crippen LogP contribution in [-0.2, 0) is 12.0 Å². The molecule has 0 aliphatic rings. The van der Waals surface area contributed by atoms with E-state index >= 15 is 0 Å². The van der Waals surface area contributed by atoms with Crippen LogP contribution >= 0.6 is 0 Å². The van der Waals surface area contributed by atoms with Crippen LogP contribution in [0.4, 0.5) is 8.78 Å². The maximum absolute atomic E-state index is 13.6. The zero-order valence-electron chi connectivity index (χ0n) is 10.6. The summed E-state index contributed by atoms with van der Waals surface area (Å²) >= 11 is 0. The molecule has 1 aromatic heterocycles. The molecule has 0 aliphatic heterocycles. The van der Waals surface area contributed by atoms with Crippen LogP contribution in [0.5, 0.6) is 0 Å². The number of rotatable bonds is 2. The average Bonchev–Trinajstić information content (AvgIpc) is 2.71. The largest absolute Gasteiger partial charge is 0.312 e. The first-order valence-electron chi connectivity index (χ1n) is 5.72. The monoisotopic (exact) mass is 251 g/mol. The van der Waals surface area contributed by atoms with Gasteiger partial charge in [0.05, 0.1) is 0 Å². The van der Waals surface area contributed by atoms with E-state index in [0.717, 1.165) is 0 Å². The Morgan fingerprint density at radius 1 is 1.17 bits per heavy atom. The third kappa shape index (κ3) is 2.39. The lowest BCUT2D eigenvalue weighted by atomic mass is 10.1. The highest BCUT2D eigenvalue weighted by Gasteiger charge is 2.20. The van der Waals surface area contributed by atoms with E-state index in [1.54, 1.807) is 6.33 Å². The van der Waals surface area contributed by atoms with Gasteiger partial charge in [-0.3, -0.25) is 0 Å². The number of nitrogens with zero attached hydrogens (tertiary/aromatic N) is 3. The molecule has 96 valence electrons. The van der Waals surface area contributed by atoms with Crippen molar-refractivity contribution in [2.45, 2.75) is 32.7 Å². The van der Waals surface area contributed by atoms with Gasteiger partial charge in [0, 0.05) is 17.5 Å². The topological polar surface area (TPSA) is 30.7 Å². The van der Waals surface area contributed by atoms with Gasteiger partial charge in [-0.2, -0.15) is 0 Å². The molecule has 0 bridgehead atoms. The van der Waals surface area contributed by atoms with E-state index in [1.807, 2.05) is 25.3 Å². The lowest BCUT2D eigenvalue weighted by Crippen LogP contribution is -2.23. The van der Waals surface area contributed by atoms with E-state index in [9.17, 15) is 8.78 Å². The zero-order valence-corrected chi connectivity index (χ0v) is 10.6. The van der Waals surface area contributed by atoms with Gasteiger partial charge >= 0.3 is 0 Å². The average molecular weight is 251 g/mol. The molecule has 0 unspecified atom stereocenters. The van der Waals surface area contributed by atoms with Crippen molar-refractivity contribution in [3.05, 3.63) is 47.5 Å². The predicted molar refractivity (Wildman–Crippen MR) is 64.2 cm³/mol. The summed E-state index contributed by atoms with van der Waals surface area (Å²) in [7, 11) is 0. The lowest BCUT2D eigenvalue weighted by Gasteiger charge is -2.22. The van der Waals surface area contributed by atoms with Crippen LogP contribution in [0.2, 0.25) is 0 Å². The Morgan fingerprint density at radius 2 is 1.78 bits per heavy atom. The second kappa shape index (κ2) is 4.48. The first-order chi connectivity index (χ1) is 8.39. The van der Waals surface area contributed by atoms with Crippen LogP contribution in [0, 0.1) is 11.6 Å². The quantitative estimate of drug-likeness (QED) is 0.821. The van der Waals surface area contributed by atoms with Gasteiger partial charge in [0.15, 0.2) is 0 Å². The first kappa shape index (κ1) is 12.7. The van der Waals surface area contributed by atoms with Crippen LogP contribution in [-0.4, -0.2) is 14.8 Å². The standard InChI is InChI=1S/C13H15F2N3/c1-13(2,3)18-8-16-17-12(18)7-9-10(14)5-4-6-11(9)15/h4-6,8H,7H2,1-3H3. The molecule has 5 heteroatoms. The Bertz CT molecular complexity index is 535. The molecule has 0 radical (unpaired) electrons. The van der Waals surface area contributed by atoms with E-state index in [2.05, 4.69) is 10.2 Å². The molecule has 1 aromatic carbocycles. The summed E-state index contributed by atoms with van der Waals surface area (Å²) in [6, 6.07) is 3.84. The van der Waals surface area contributed by atoms with Gasteiger partial charge in [0.1, 0.15) is 23.8 Å². The van der Waals surface area contributed by atoms with Gasteiger partial charge in [-0.15, -0.1) is 10.2 Å². The minimum absolute atomic E-state index is 0.0241. The van der Waals surface area contributed by atoms with Crippen molar-refractivity contribution in [2.75, 3.05) is 0 Å². The molecule has 1 heterocycles. The van der Waals surface area contributed by atoms with Crippen molar-refractivity contribution >= 4 is 0 Å². The van der Waals surface area contributed by atoms with Crippen molar-refractivity contribution < 1.29 is 8.78 Å². The Kier molecular flexibility index (Phi) is 3.15. The van der Waals surface area contributed by atoms with Crippen molar-refractivity contribution in [1.82, 2.24) is 14.8 Å². The summed E-state index contributed by atoms with van der Waals surface area (Å²) in [6.45, 7) is 5.95. The highest BCUT2D eigenvalue weighted by atomic mass is 19.1. The van der Waals surface area contributed by atoms with Crippen molar-refractivity contribution in [3.8, 4) is 0 Å². The number of hydrogen-bond donors (Lipinski definition) is 0. The van der Waals surface area contributed by atoms with E-state index in [4.69, 9.17) is 0 Å². The van der Waals surface area contributed by atoms with Gasteiger partial charge in [-0.25, -0.2) is 8.78 Å². The molecule has 0 aliphatic carbocycles. The molecule has 2 rings (SSSR count). The molecular weight excluding hydrogens is 236 g/mol. The molecule has 0 saturated heterocycles. The molecular formula is C13H15F2N3. The second-order valence-electron chi connectivity index (χ2n) is 5.16. The highest BCUT2D eigenvalue weighted by Crippen LogP contribution is 2.20. The number of halogens is 2. The molecule has 0 fully saturated rings. The van der Waals surface area contributed by atoms with Crippen LogP contribution < -0.4 is 0 Å². The molecule has 0 N–H and O–H groups in total. The van der Waals surface area contributed by atoms with Crippen molar-refractivity contribution in [2.24, 2.45) is 0 Å². The van der Waals surface area contributed by atoms with Gasteiger partial charge in [-0.1, -0.05) is 6.07 Å². The minimum Gasteiger partial charge on any atom is -0.312 e. The maximum atomic E-state index is 13.6. The van der Waals surface area contributed by atoms with E-state index in [-0.39, 0.29) is 17.5 Å². The van der Waals surface area contributed by atoms with Crippen molar-refractivity contribution in [1.29, 1.82) is 0 Å². The molecule has 18 heavy (non-hydrogen) atoms. The molecule has 0 amide bonds. The van der Waals surface area contributed by atoms with Crippen LogP contribution in [0.15, 0.2) is 24.5 Å². The molecule has 0 saturated carbocycles. The van der Waals surface area contributed by atoms with Crippen molar-refractivity contribution in [3.63, 3.8) is 0 Å². The molecule has 0 spiro atoms. The number of aromatic nitrogens is 3. The van der Waals surface area contributed by atoms with E-state index < -0.39 is 11.6 Å². The Hall–Kier alpha value is -1.78. The highest BCUT2D eigenvalue weighted by molar-refractivity contribution is 5.23. The number of benzene rings is 1. The second-order valence-corrected chi connectivity index (χ2v) is 5.16. The fourth-order valence-electron chi connectivity index (χ4n) is 1.80. The van der Waals surface area contributed by atoms with E-state index in [1.165, 1.54) is 18.2 Å². The summed E-state index contributed by atoms with van der Waals surface area (Å²) < 4.78 is 29.0. The normalized spacial score (nSPS) is 11.8. The Morgan fingerprint density at radius 3 is 2.33 bits per heavy atom. The lowest BCUT2D eigenvalue weighted by molar-refractivity contribution is 0.382. The van der Waals surface area contributed by atoms with Crippen LogP contribution in [0.1, 0.15) is 32.2 Å². The van der Waals surface area contributed by atoms with Crippen LogP contribution in [0.3, 0.4) is 0 Å². The Labute approximate surface area is 104 Å². The van der Waals surface area contributed by atoms with Gasteiger partial charge in [-0.05, 0) is 32.9 Å². The minimum atomic E-state index is -0.557. The fourth-order valence-corrected chi connectivity index (χ4v) is 1.80. The van der Waals surface area contributed by atoms with Gasteiger partial charge < -0.3 is 4.57 Å². The Balaban J connectivity index is 2.39. The molecule has 0 atom stereocenters. The first-order valence-corrected chi connectivity index (χ1v) is 5.72. The smallest absolute Gasteiger partial charge is 0.137 e. The fraction of sp³-hybridized carbons (Fsp3) is 0.385. The van der Waals surface area contributed by atoms with Gasteiger partial charge in [0.25, 0.3) is 0 Å². The summed E-state index contributed by atoms with van der Waals surface area (Å²) in [5.74, 6) is -0.566. The predicted octanol–water partition coefficient (Wildman–Crippen LogP) is 2.90. The number of hydrogen-bond acceptors (Lipinski definition) is 2.